The molecule has 2 fully saturated rings. The molecule has 5 rings (SSSR count). The number of phenols is 1. The Balaban J connectivity index is 1.49. The van der Waals surface area contributed by atoms with Gasteiger partial charge >= 0.3 is 0 Å². The second-order valence-electron chi connectivity index (χ2n) is 11.2. The number of hydrogen-bond donors (Lipinski definition) is 1. The van der Waals surface area contributed by atoms with Crippen LogP contribution >= 0.6 is 27.5 Å². The number of piperazine rings is 1. The molecule has 0 saturated carbocycles. The van der Waals surface area contributed by atoms with Crippen LogP contribution in [0.4, 0.5) is 5.69 Å². The summed E-state index contributed by atoms with van der Waals surface area (Å²) >= 11 is 10.0. The maximum Gasteiger partial charge on any atom is 0.246 e. The molecule has 2 heterocycles. The number of hydrazine groups is 1. The zero-order chi connectivity index (χ0) is 30.8. The highest BCUT2D eigenvalue weighted by molar-refractivity contribution is 9.10. The summed E-state index contributed by atoms with van der Waals surface area (Å²) in [6.45, 7) is 0.405. The molecule has 0 radical (unpaired) electrons. The van der Waals surface area contributed by atoms with Crippen LogP contribution in [0.1, 0.15) is 23.1 Å². The van der Waals surface area contributed by atoms with E-state index in [0.717, 1.165) is 26.9 Å². The predicted octanol–water partition coefficient (Wildman–Crippen LogP) is 4.30. The molecule has 9 nitrogen and oxygen atoms in total. The first kappa shape index (κ1) is 30.8. The third-order valence-corrected chi connectivity index (χ3v) is 8.75. The Morgan fingerprint density at radius 3 is 2.47 bits per heavy atom. The topological polar surface area (TPSA) is 87.6 Å². The standard InChI is InChI=1S/C32H35BrClN5O4/c1-35(2)31-23(7-5-9-26(31)34)18-37-19-28-38(27(32(37)43)17-22-10-13-25(40)14-11-22)30(42)20-36(3)39(28)29(41)15-12-21-6-4-8-24(33)16-21/h4-11,13-14,16,27-28,40H,12,15,17-20H2,1-3H3/t27-,28?/m0/s1. The molecule has 2 aliphatic heterocycles. The third-order valence-electron chi connectivity index (χ3n) is 7.96. The number of carbonyl (C=O) groups is 3. The highest BCUT2D eigenvalue weighted by atomic mass is 79.9. The van der Waals surface area contributed by atoms with Crippen molar-refractivity contribution in [1.29, 1.82) is 0 Å². The monoisotopic (exact) mass is 667 g/mol. The molecule has 226 valence electrons. The molecule has 1 N–H and O–H groups in total. The number of carbonyl (C=O) groups excluding carboxylic acids is 3. The Morgan fingerprint density at radius 1 is 1.05 bits per heavy atom. The summed E-state index contributed by atoms with van der Waals surface area (Å²) < 4.78 is 0.945. The zero-order valence-electron chi connectivity index (χ0n) is 24.4. The SMILES string of the molecule is CN(C)c1c(Cl)cccc1CN1CC2N(C(=O)CN(C)N2C(=O)CCc2cccc(Br)c2)[C@@H](Cc2ccc(O)cc2)C1=O. The van der Waals surface area contributed by atoms with Gasteiger partial charge in [-0.25, -0.2) is 5.01 Å². The average Bonchev–Trinajstić information content (AvgIpc) is 2.95. The molecule has 43 heavy (non-hydrogen) atoms. The lowest BCUT2D eigenvalue weighted by molar-refractivity contribution is -0.202. The van der Waals surface area contributed by atoms with Crippen molar-refractivity contribution in [1.82, 2.24) is 19.8 Å². The number of nitrogens with zero attached hydrogens (tertiary/aromatic N) is 5. The molecule has 1 unspecified atom stereocenters. The molecular weight excluding hydrogens is 634 g/mol. The Kier molecular flexibility index (Phi) is 9.29. The van der Waals surface area contributed by atoms with Crippen molar-refractivity contribution in [3.63, 3.8) is 0 Å². The van der Waals surface area contributed by atoms with Crippen LogP contribution in [0.25, 0.3) is 0 Å². The van der Waals surface area contributed by atoms with Crippen molar-refractivity contribution in [3.05, 3.63) is 92.9 Å². The number of benzene rings is 3. The van der Waals surface area contributed by atoms with Crippen LogP contribution in [0, 0.1) is 0 Å². The maximum absolute atomic E-state index is 14.2. The van der Waals surface area contributed by atoms with E-state index < -0.39 is 12.2 Å². The fraction of sp³-hybridized carbons (Fsp3) is 0.344. The number of halogens is 2. The van der Waals surface area contributed by atoms with Crippen LogP contribution < -0.4 is 4.90 Å². The normalized spacial score (nSPS) is 19.0. The molecule has 2 saturated heterocycles. The number of fused-ring (bicyclic) bond motifs is 1. The van der Waals surface area contributed by atoms with Gasteiger partial charge in [0.25, 0.3) is 0 Å². The van der Waals surface area contributed by atoms with E-state index in [1.807, 2.05) is 61.5 Å². The molecule has 0 aliphatic carbocycles. The Hall–Kier alpha value is -3.60. The van der Waals surface area contributed by atoms with Gasteiger partial charge in [0.2, 0.25) is 17.7 Å². The minimum Gasteiger partial charge on any atom is -0.508 e. The van der Waals surface area contributed by atoms with Crippen molar-refractivity contribution in [2.24, 2.45) is 0 Å². The van der Waals surface area contributed by atoms with E-state index in [0.29, 0.717) is 11.4 Å². The van der Waals surface area contributed by atoms with Crippen LogP contribution in [-0.2, 0) is 33.8 Å². The summed E-state index contributed by atoms with van der Waals surface area (Å²) in [6.07, 6.45) is 0.354. The highest BCUT2D eigenvalue weighted by Gasteiger charge is 2.50. The predicted molar refractivity (Wildman–Crippen MR) is 169 cm³/mol. The van der Waals surface area contributed by atoms with Gasteiger partial charge in [0, 0.05) is 45.0 Å². The number of phenolic OH excluding ortho intramolecular Hbond substituents is 1. The highest BCUT2D eigenvalue weighted by Crippen LogP contribution is 2.33. The number of rotatable bonds is 8. The number of likely N-dealkylation sites (N-methyl/N-ethyl adjacent to an activating group) is 1. The second kappa shape index (κ2) is 13.0. The zero-order valence-corrected chi connectivity index (χ0v) is 26.8. The average molecular weight is 669 g/mol. The molecule has 11 heteroatoms. The van der Waals surface area contributed by atoms with Crippen LogP contribution in [0.3, 0.4) is 0 Å². The maximum atomic E-state index is 14.2. The summed E-state index contributed by atoms with van der Waals surface area (Å²) in [5, 5.41) is 13.7. The molecule has 3 amide bonds. The minimum atomic E-state index is -0.827. The molecule has 0 aromatic heterocycles. The van der Waals surface area contributed by atoms with Gasteiger partial charge in [0.1, 0.15) is 18.0 Å². The summed E-state index contributed by atoms with van der Waals surface area (Å²) in [4.78, 5) is 46.8. The second-order valence-corrected chi connectivity index (χ2v) is 12.5. The number of hydrogen-bond acceptors (Lipinski definition) is 6. The molecule has 3 aromatic rings. The van der Waals surface area contributed by atoms with E-state index in [9.17, 15) is 19.5 Å². The lowest BCUT2D eigenvalue weighted by Crippen LogP contribution is -2.75. The lowest BCUT2D eigenvalue weighted by Gasteiger charge is -2.54. The van der Waals surface area contributed by atoms with E-state index in [2.05, 4.69) is 15.9 Å². The van der Waals surface area contributed by atoms with E-state index in [-0.39, 0.29) is 55.9 Å². The van der Waals surface area contributed by atoms with E-state index in [1.165, 1.54) is 0 Å². The first-order chi connectivity index (χ1) is 20.5. The van der Waals surface area contributed by atoms with Gasteiger partial charge in [-0.15, -0.1) is 0 Å². The van der Waals surface area contributed by atoms with Crippen LogP contribution in [-0.4, -0.2) is 89.1 Å². The third kappa shape index (κ3) is 6.66. The summed E-state index contributed by atoms with van der Waals surface area (Å²) in [5.74, 6) is -0.418. The van der Waals surface area contributed by atoms with Crippen molar-refractivity contribution < 1.29 is 19.5 Å². The molecule has 0 bridgehead atoms. The first-order valence-corrected chi connectivity index (χ1v) is 15.3. The van der Waals surface area contributed by atoms with Gasteiger partial charge in [0.15, 0.2) is 0 Å². The van der Waals surface area contributed by atoms with E-state index in [4.69, 9.17) is 11.6 Å². The van der Waals surface area contributed by atoms with Crippen molar-refractivity contribution in [2.45, 2.75) is 38.0 Å². The molecular formula is C32H35BrClN5O4. The van der Waals surface area contributed by atoms with Gasteiger partial charge in [-0.3, -0.25) is 19.4 Å². The van der Waals surface area contributed by atoms with E-state index >= 15 is 0 Å². The number of anilines is 1. The van der Waals surface area contributed by atoms with Gasteiger partial charge in [-0.1, -0.05) is 63.9 Å². The number of aromatic hydroxyl groups is 1. The fourth-order valence-corrected chi connectivity index (χ4v) is 6.83. The van der Waals surface area contributed by atoms with Crippen molar-refractivity contribution in [2.75, 3.05) is 39.1 Å². The van der Waals surface area contributed by atoms with Gasteiger partial charge in [0.05, 0.1) is 23.8 Å². The number of aryl methyl sites for hydroxylation is 1. The van der Waals surface area contributed by atoms with Gasteiger partial charge in [-0.05, 0) is 53.4 Å². The van der Waals surface area contributed by atoms with Crippen LogP contribution in [0.15, 0.2) is 71.2 Å². The summed E-state index contributed by atoms with van der Waals surface area (Å²) in [7, 11) is 5.54. The number of para-hydroxylation sites is 1. The Bertz CT molecular complexity index is 1520. The Labute approximate surface area is 265 Å². The van der Waals surface area contributed by atoms with Gasteiger partial charge < -0.3 is 19.8 Å². The molecule has 2 aliphatic rings. The summed E-state index contributed by atoms with van der Waals surface area (Å²) in [6, 6.07) is 19.3. The quantitative estimate of drug-likeness (QED) is 0.385. The van der Waals surface area contributed by atoms with Crippen molar-refractivity contribution in [3.8, 4) is 5.75 Å². The Morgan fingerprint density at radius 2 is 1.77 bits per heavy atom. The largest absolute Gasteiger partial charge is 0.508 e. The van der Waals surface area contributed by atoms with Crippen molar-refractivity contribution >= 4 is 50.9 Å². The molecule has 3 aromatic carbocycles. The van der Waals surface area contributed by atoms with Crippen LogP contribution in [0.5, 0.6) is 5.75 Å². The fourth-order valence-electron chi connectivity index (χ4n) is 6.02. The molecule has 0 spiro atoms. The minimum absolute atomic E-state index is 0.0163. The number of amides is 3. The molecule has 2 atom stereocenters. The van der Waals surface area contributed by atoms with E-state index in [1.54, 1.807) is 51.1 Å². The smallest absolute Gasteiger partial charge is 0.246 e. The first-order valence-electron chi connectivity index (χ1n) is 14.1. The van der Waals surface area contributed by atoms with Gasteiger partial charge in [-0.2, -0.15) is 0 Å². The van der Waals surface area contributed by atoms with Crippen LogP contribution in [0.2, 0.25) is 5.02 Å². The lowest BCUT2D eigenvalue weighted by atomic mass is 9.98. The summed E-state index contributed by atoms with van der Waals surface area (Å²) in [5.41, 5.74) is 3.50.